The molecule has 0 saturated heterocycles. The van der Waals surface area contributed by atoms with Crippen molar-refractivity contribution in [3.05, 3.63) is 12.1 Å². The van der Waals surface area contributed by atoms with Gasteiger partial charge < -0.3 is 19.5 Å². The van der Waals surface area contributed by atoms with Crippen molar-refractivity contribution in [3.8, 4) is 17.2 Å². The molecule has 126 valence electrons. The van der Waals surface area contributed by atoms with Gasteiger partial charge in [-0.15, -0.1) is 0 Å². The quantitative estimate of drug-likeness (QED) is 0.872. The molecule has 0 radical (unpaired) electrons. The van der Waals surface area contributed by atoms with E-state index in [2.05, 4.69) is 5.32 Å². The zero-order chi connectivity index (χ0) is 16.4. The Morgan fingerprint density at radius 1 is 1.09 bits per heavy atom. The summed E-state index contributed by atoms with van der Waals surface area (Å²) in [6.45, 7) is 0. The van der Waals surface area contributed by atoms with E-state index in [1.165, 1.54) is 25.7 Å². The highest BCUT2D eigenvalue weighted by molar-refractivity contribution is 5.91. The van der Waals surface area contributed by atoms with Crippen molar-refractivity contribution in [2.24, 2.45) is 17.8 Å². The Morgan fingerprint density at radius 2 is 1.78 bits per heavy atom. The van der Waals surface area contributed by atoms with Gasteiger partial charge >= 0.3 is 0 Å². The van der Waals surface area contributed by atoms with Crippen LogP contribution in [0.3, 0.4) is 0 Å². The van der Waals surface area contributed by atoms with Gasteiger partial charge in [0, 0.05) is 24.2 Å². The molecule has 1 N–H and O–H groups in total. The minimum atomic E-state index is 0.0665. The number of rotatable bonds is 6. The van der Waals surface area contributed by atoms with E-state index >= 15 is 0 Å². The maximum Gasteiger partial charge on any atom is 0.224 e. The molecular weight excluding hydrogens is 294 g/mol. The van der Waals surface area contributed by atoms with Gasteiger partial charge in [0.1, 0.15) is 0 Å². The van der Waals surface area contributed by atoms with Crippen molar-refractivity contribution in [2.75, 3.05) is 26.6 Å². The Bertz CT molecular complexity index is 561. The number of carbonyl (C=O) groups is 1. The molecule has 1 aromatic carbocycles. The van der Waals surface area contributed by atoms with Crippen LogP contribution in [0.25, 0.3) is 0 Å². The monoisotopic (exact) mass is 319 g/mol. The van der Waals surface area contributed by atoms with Crippen molar-refractivity contribution in [2.45, 2.75) is 32.1 Å². The summed E-state index contributed by atoms with van der Waals surface area (Å²) in [5.74, 6) is 3.85. The number of anilines is 1. The van der Waals surface area contributed by atoms with Gasteiger partial charge in [-0.05, 0) is 37.0 Å². The van der Waals surface area contributed by atoms with Crippen molar-refractivity contribution in [1.29, 1.82) is 0 Å². The van der Waals surface area contributed by atoms with E-state index in [1.807, 2.05) is 0 Å². The average Bonchev–Trinajstić information content (AvgIpc) is 3.16. The Labute approximate surface area is 137 Å². The summed E-state index contributed by atoms with van der Waals surface area (Å²) in [5.41, 5.74) is 0.674. The molecule has 3 unspecified atom stereocenters. The highest BCUT2D eigenvalue weighted by Gasteiger charge is 2.40. The first-order valence-electron chi connectivity index (χ1n) is 8.24. The SMILES string of the molecule is COc1cc(NC(=O)CC2CC3CCC2C3)cc(OC)c1OC. The zero-order valence-electron chi connectivity index (χ0n) is 14.1. The fourth-order valence-corrected chi connectivity index (χ4v) is 4.23. The summed E-state index contributed by atoms with van der Waals surface area (Å²) in [4.78, 5) is 12.4. The molecule has 3 rings (SSSR count). The minimum absolute atomic E-state index is 0.0665. The second-order valence-electron chi connectivity index (χ2n) is 6.60. The third kappa shape index (κ3) is 3.23. The Kier molecular flexibility index (Phi) is 4.64. The maximum atomic E-state index is 12.4. The van der Waals surface area contributed by atoms with Gasteiger partial charge in [-0.25, -0.2) is 0 Å². The molecule has 0 aliphatic heterocycles. The van der Waals surface area contributed by atoms with Crippen LogP contribution in [0.2, 0.25) is 0 Å². The minimum Gasteiger partial charge on any atom is -0.493 e. The number of amides is 1. The Balaban J connectivity index is 1.68. The number of hydrogen-bond donors (Lipinski definition) is 1. The van der Waals surface area contributed by atoms with E-state index in [4.69, 9.17) is 14.2 Å². The van der Waals surface area contributed by atoms with Crippen LogP contribution < -0.4 is 19.5 Å². The molecule has 2 bridgehead atoms. The topological polar surface area (TPSA) is 56.8 Å². The number of nitrogens with one attached hydrogen (secondary N) is 1. The van der Waals surface area contributed by atoms with Crippen LogP contribution >= 0.6 is 0 Å². The largest absolute Gasteiger partial charge is 0.493 e. The van der Waals surface area contributed by atoms with Gasteiger partial charge in [0.15, 0.2) is 11.5 Å². The number of fused-ring (bicyclic) bond motifs is 2. The first kappa shape index (κ1) is 16.0. The average molecular weight is 319 g/mol. The molecule has 0 aromatic heterocycles. The fourth-order valence-electron chi connectivity index (χ4n) is 4.23. The predicted octanol–water partition coefficient (Wildman–Crippen LogP) is 3.48. The zero-order valence-corrected chi connectivity index (χ0v) is 14.1. The number of ether oxygens (including phenoxy) is 3. The van der Waals surface area contributed by atoms with Gasteiger partial charge in [0.05, 0.1) is 21.3 Å². The third-order valence-corrected chi connectivity index (χ3v) is 5.28. The lowest BCUT2D eigenvalue weighted by Crippen LogP contribution is -2.20. The van der Waals surface area contributed by atoms with Crippen LogP contribution in [0.4, 0.5) is 5.69 Å². The predicted molar refractivity (Wildman–Crippen MR) is 88.3 cm³/mol. The first-order chi connectivity index (χ1) is 11.1. The highest BCUT2D eigenvalue weighted by Crippen LogP contribution is 2.49. The van der Waals surface area contributed by atoms with Gasteiger partial charge in [0.25, 0.3) is 0 Å². The molecule has 2 aliphatic carbocycles. The summed E-state index contributed by atoms with van der Waals surface area (Å²) in [6, 6.07) is 3.53. The van der Waals surface area contributed by atoms with Gasteiger partial charge in [-0.2, -0.15) is 0 Å². The van der Waals surface area contributed by atoms with E-state index in [0.717, 1.165) is 11.8 Å². The number of methoxy groups -OCH3 is 3. The van der Waals surface area contributed by atoms with Crippen LogP contribution in [0.5, 0.6) is 17.2 Å². The molecule has 0 heterocycles. The number of benzene rings is 1. The lowest BCUT2D eigenvalue weighted by molar-refractivity contribution is -0.117. The summed E-state index contributed by atoms with van der Waals surface area (Å²) < 4.78 is 15.9. The fraction of sp³-hybridized carbons (Fsp3) is 0.611. The first-order valence-corrected chi connectivity index (χ1v) is 8.24. The molecule has 5 nitrogen and oxygen atoms in total. The smallest absolute Gasteiger partial charge is 0.224 e. The number of carbonyl (C=O) groups excluding carboxylic acids is 1. The van der Waals surface area contributed by atoms with E-state index in [-0.39, 0.29) is 5.91 Å². The van der Waals surface area contributed by atoms with E-state index in [1.54, 1.807) is 33.5 Å². The van der Waals surface area contributed by atoms with E-state index < -0.39 is 0 Å². The lowest BCUT2D eigenvalue weighted by Gasteiger charge is -2.21. The van der Waals surface area contributed by atoms with Crippen molar-refractivity contribution < 1.29 is 19.0 Å². The molecular formula is C18H25NO4. The van der Waals surface area contributed by atoms with Gasteiger partial charge in [-0.3, -0.25) is 4.79 Å². The van der Waals surface area contributed by atoms with Crippen molar-refractivity contribution >= 4 is 11.6 Å². The van der Waals surface area contributed by atoms with Crippen LogP contribution in [0, 0.1) is 17.8 Å². The second kappa shape index (κ2) is 6.69. The molecule has 1 amide bonds. The summed E-state index contributed by atoms with van der Waals surface area (Å²) in [6.07, 6.45) is 5.80. The lowest BCUT2D eigenvalue weighted by atomic mass is 9.86. The van der Waals surface area contributed by atoms with Crippen LogP contribution in [-0.2, 0) is 4.79 Å². The van der Waals surface area contributed by atoms with E-state index in [0.29, 0.717) is 35.3 Å². The molecule has 2 fully saturated rings. The van der Waals surface area contributed by atoms with Crippen LogP contribution in [0.15, 0.2) is 12.1 Å². The molecule has 3 atom stereocenters. The third-order valence-electron chi connectivity index (χ3n) is 5.28. The Hall–Kier alpha value is -1.91. The summed E-state index contributed by atoms with van der Waals surface area (Å²) >= 11 is 0. The van der Waals surface area contributed by atoms with Crippen LogP contribution in [0.1, 0.15) is 32.1 Å². The van der Waals surface area contributed by atoms with Crippen molar-refractivity contribution in [3.63, 3.8) is 0 Å². The molecule has 0 spiro atoms. The number of hydrogen-bond acceptors (Lipinski definition) is 4. The Morgan fingerprint density at radius 3 is 2.26 bits per heavy atom. The van der Waals surface area contributed by atoms with Crippen LogP contribution in [-0.4, -0.2) is 27.2 Å². The van der Waals surface area contributed by atoms with Crippen molar-refractivity contribution in [1.82, 2.24) is 0 Å². The van der Waals surface area contributed by atoms with Gasteiger partial charge in [0.2, 0.25) is 11.7 Å². The summed E-state index contributed by atoms with van der Waals surface area (Å²) in [7, 11) is 4.70. The normalized spacial score (nSPS) is 25.3. The molecule has 1 aromatic rings. The maximum absolute atomic E-state index is 12.4. The van der Waals surface area contributed by atoms with Gasteiger partial charge in [-0.1, -0.05) is 6.42 Å². The standard InChI is InChI=1S/C18H25NO4/c1-21-15-9-14(10-16(22-2)18(15)23-3)19-17(20)8-13-7-11-4-5-12(13)6-11/h9-13H,4-8H2,1-3H3,(H,19,20). The highest BCUT2D eigenvalue weighted by atomic mass is 16.5. The van der Waals surface area contributed by atoms with E-state index in [9.17, 15) is 4.79 Å². The second-order valence-corrected chi connectivity index (χ2v) is 6.60. The molecule has 23 heavy (non-hydrogen) atoms. The molecule has 2 saturated carbocycles. The molecule has 2 aliphatic rings. The summed E-state index contributed by atoms with van der Waals surface area (Å²) in [5, 5.41) is 2.97. The molecule has 5 heteroatoms.